The first kappa shape index (κ1) is 12.9. The summed E-state index contributed by atoms with van der Waals surface area (Å²) in [6, 6.07) is 0. The molecule has 0 saturated carbocycles. The van der Waals surface area contributed by atoms with Crippen LogP contribution in [-0.2, 0) is 4.74 Å². The van der Waals surface area contributed by atoms with E-state index >= 15 is 0 Å². The second-order valence-electron chi connectivity index (χ2n) is 4.83. The van der Waals surface area contributed by atoms with Gasteiger partial charge >= 0.3 is 0 Å². The zero-order valence-electron chi connectivity index (χ0n) is 9.47. The van der Waals surface area contributed by atoms with Crippen LogP contribution in [0.25, 0.3) is 0 Å². The zero-order valence-corrected chi connectivity index (χ0v) is 9.47. The highest BCUT2D eigenvalue weighted by molar-refractivity contribution is 4.64. The Morgan fingerprint density at radius 2 is 1.92 bits per heavy atom. The van der Waals surface area contributed by atoms with Crippen LogP contribution in [0.2, 0.25) is 0 Å². The molecule has 0 spiro atoms. The molecule has 2 nitrogen and oxygen atoms in total. The molecular formula is C11H24O2. The molecule has 1 atom stereocenters. The molecule has 0 heterocycles. The Morgan fingerprint density at radius 1 is 1.31 bits per heavy atom. The van der Waals surface area contributed by atoms with Gasteiger partial charge in [0.25, 0.3) is 0 Å². The number of aliphatic hydroxyl groups excluding tert-OH is 1. The molecule has 0 bridgehead atoms. The lowest BCUT2D eigenvalue weighted by Gasteiger charge is -2.20. The van der Waals surface area contributed by atoms with Gasteiger partial charge in [-0.1, -0.05) is 27.7 Å². The van der Waals surface area contributed by atoms with Crippen LogP contribution >= 0.6 is 0 Å². The number of hydrogen-bond acceptors (Lipinski definition) is 2. The van der Waals surface area contributed by atoms with Crippen LogP contribution in [0.3, 0.4) is 0 Å². The number of hydrogen-bond donors (Lipinski definition) is 1. The van der Waals surface area contributed by atoms with Gasteiger partial charge in [0.15, 0.2) is 0 Å². The van der Waals surface area contributed by atoms with Crippen molar-refractivity contribution in [3.8, 4) is 0 Å². The SMILES string of the molecule is CCCOCC(O)CCC(C)(C)C. The highest BCUT2D eigenvalue weighted by Gasteiger charge is 2.13. The normalized spacial score (nSPS) is 14.5. The lowest BCUT2D eigenvalue weighted by atomic mass is 9.89. The maximum atomic E-state index is 9.51. The van der Waals surface area contributed by atoms with E-state index < -0.39 is 0 Å². The van der Waals surface area contributed by atoms with E-state index in [9.17, 15) is 5.11 Å². The van der Waals surface area contributed by atoms with Crippen LogP contribution in [0.1, 0.15) is 47.0 Å². The summed E-state index contributed by atoms with van der Waals surface area (Å²) in [6.07, 6.45) is 2.62. The molecule has 0 amide bonds. The molecule has 0 radical (unpaired) electrons. The molecule has 0 aromatic rings. The summed E-state index contributed by atoms with van der Waals surface area (Å²) in [4.78, 5) is 0. The smallest absolute Gasteiger partial charge is 0.0773 e. The predicted molar refractivity (Wildman–Crippen MR) is 55.8 cm³/mol. The molecule has 1 unspecified atom stereocenters. The van der Waals surface area contributed by atoms with Crippen LogP contribution in [0.15, 0.2) is 0 Å². The Hall–Kier alpha value is -0.0800. The van der Waals surface area contributed by atoms with E-state index in [-0.39, 0.29) is 6.10 Å². The van der Waals surface area contributed by atoms with Crippen molar-refractivity contribution in [1.82, 2.24) is 0 Å². The van der Waals surface area contributed by atoms with E-state index in [0.717, 1.165) is 25.9 Å². The fourth-order valence-electron chi connectivity index (χ4n) is 1.05. The molecule has 2 heteroatoms. The lowest BCUT2D eigenvalue weighted by molar-refractivity contribution is 0.0274. The van der Waals surface area contributed by atoms with E-state index in [1.54, 1.807) is 0 Å². The average Bonchev–Trinajstić information content (AvgIpc) is 2.00. The van der Waals surface area contributed by atoms with E-state index in [1.165, 1.54) is 0 Å². The van der Waals surface area contributed by atoms with Crippen LogP contribution in [0, 0.1) is 5.41 Å². The Balaban J connectivity index is 3.35. The van der Waals surface area contributed by atoms with Gasteiger partial charge in [0.2, 0.25) is 0 Å². The first-order chi connectivity index (χ1) is 5.95. The van der Waals surface area contributed by atoms with E-state index in [1.807, 2.05) is 0 Å². The molecule has 0 rings (SSSR count). The molecule has 0 aromatic heterocycles. The van der Waals surface area contributed by atoms with E-state index in [2.05, 4.69) is 27.7 Å². The monoisotopic (exact) mass is 188 g/mol. The fourth-order valence-corrected chi connectivity index (χ4v) is 1.05. The lowest BCUT2D eigenvalue weighted by Crippen LogP contribution is -2.18. The molecule has 0 aliphatic heterocycles. The van der Waals surface area contributed by atoms with Crippen molar-refractivity contribution in [1.29, 1.82) is 0 Å². The highest BCUT2D eigenvalue weighted by Crippen LogP contribution is 2.21. The minimum atomic E-state index is -0.286. The Labute approximate surface area is 82.3 Å². The Kier molecular flexibility index (Phi) is 6.35. The average molecular weight is 188 g/mol. The van der Waals surface area contributed by atoms with Gasteiger partial charge in [-0.25, -0.2) is 0 Å². The predicted octanol–water partition coefficient (Wildman–Crippen LogP) is 2.60. The third kappa shape index (κ3) is 9.84. The minimum absolute atomic E-state index is 0.286. The molecule has 0 aliphatic rings. The second-order valence-corrected chi connectivity index (χ2v) is 4.83. The molecule has 80 valence electrons. The minimum Gasteiger partial charge on any atom is -0.391 e. The summed E-state index contributed by atoms with van der Waals surface area (Å²) in [6.45, 7) is 9.88. The number of aliphatic hydroxyl groups is 1. The van der Waals surface area contributed by atoms with Crippen molar-refractivity contribution >= 4 is 0 Å². The summed E-state index contributed by atoms with van der Waals surface area (Å²) in [5.74, 6) is 0. The first-order valence-corrected chi connectivity index (χ1v) is 5.21. The van der Waals surface area contributed by atoms with Crippen LogP contribution in [-0.4, -0.2) is 24.4 Å². The van der Waals surface area contributed by atoms with Gasteiger partial charge in [-0.3, -0.25) is 0 Å². The van der Waals surface area contributed by atoms with Crippen LogP contribution in [0.5, 0.6) is 0 Å². The summed E-state index contributed by atoms with van der Waals surface area (Å²) in [5.41, 5.74) is 0.311. The molecule has 0 aliphatic carbocycles. The van der Waals surface area contributed by atoms with Crippen molar-refractivity contribution in [3.63, 3.8) is 0 Å². The highest BCUT2D eigenvalue weighted by atomic mass is 16.5. The molecule has 0 saturated heterocycles. The van der Waals surface area contributed by atoms with Crippen molar-refractivity contribution in [2.75, 3.05) is 13.2 Å². The van der Waals surface area contributed by atoms with E-state index in [0.29, 0.717) is 12.0 Å². The van der Waals surface area contributed by atoms with Crippen molar-refractivity contribution in [3.05, 3.63) is 0 Å². The van der Waals surface area contributed by atoms with Gasteiger partial charge in [0, 0.05) is 6.61 Å². The molecule has 0 aromatic carbocycles. The van der Waals surface area contributed by atoms with Crippen molar-refractivity contribution in [2.45, 2.75) is 53.1 Å². The third-order valence-corrected chi connectivity index (χ3v) is 1.89. The van der Waals surface area contributed by atoms with Gasteiger partial charge < -0.3 is 9.84 Å². The van der Waals surface area contributed by atoms with Gasteiger partial charge in [-0.2, -0.15) is 0 Å². The number of rotatable bonds is 6. The topological polar surface area (TPSA) is 29.5 Å². The Morgan fingerprint density at radius 3 is 2.38 bits per heavy atom. The molecule has 0 fully saturated rings. The summed E-state index contributed by atoms with van der Waals surface area (Å²) in [5, 5.41) is 9.51. The third-order valence-electron chi connectivity index (χ3n) is 1.89. The molecule has 1 N–H and O–H groups in total. The zero-order chi connectivity index (χ0) is 10.3. The van der Waals surface area contributed by atoms with Gasteiger partial charge in [-0.15, -0.1) is 0 Å². The number of ether oxygens (including phenoxy) is 1. The summed E-state index contributed by atoms with van der Waals surface area (Å²) >= 11 is 0. The molecule has 13 heavy (non-hydrogen) atoms. The maximum absolute atomic E-state index is 9.51. The maximum Gasteiger partial charge on any atom is 0.0773 e. The van der Waals surface area contributed by atoms with Crippen molar-refractivity contribution in [2.24, 2.45) is 5.41 Å². The first-order valence-electron chi connectivity index (χ1n) is 5.21. The molecular weight excluding hydrogens is 164 g/mol. The summed E-state index contributed by atoms with van der Waals surface area (Å²) in [7, 11) is 0. The van der Waals surface area contributed by atoms with Crippen LogP contribution in [0.4, 0.5) is 0 Å². The quantitative estimate of drug-likeness (QED) is 0.649. The largest absolute Gasteiger partial charge is 0.391 e. The van der Waals surface area contributed by atoms with Gasteiger partial charge in [-0.05, 0) is 24.7 Å². The second kappa shape index (κ2) is 6.39. The van der Waals surface area contributed by atoms with E-state index in [4.69, 9.17) is 4.74 Å². The van der Waals surface area contributed by atoms with Crippen LogP contribution < -0.4 is 0 Å². The van der Waals surface area contributed by atoms with Gasteiger partial charge in [0.05, 0.1) is 12.7 Å². The van der Waals surface area contributed by atoms with Gasteiger partial charge in [0.1, 0.15) is 0 Å². The van der Waals surface area contributed by atoms with Crippen molar-refractivity contribution < 1.29 is 9.84 Å². The fraction of sp³-hybridized carbons (Fsp3) is 1.00. The summed E-state index contributed by atoms with van der Waals surface area (Å²) < 4.78 is 5.26. The standard InChI is InChI=1S/C11H24O2/c1-5-8-13-9-10(12)6-7-11(2,3)4/h10,12H,5-9H2,1-4H3. The Bertz CT molecular complexity index is 116.